The highest BCUT2D eigenvalue weighted by atomic mass is 16.6. The quantitative estimate of drug-likeness (QED) is 0.0334. The van der Waals surface area contributed by atoms with Crippen molar-refractivity contribution in [2.45, 2.75) is 131 Å². The van der Waals surface area contributed by atoms with Gasteiger partial charge in [-0.05, 0) is 104 Å². The lowest BCUT2D eigenvalue weighted by atomic mass is 9.62. The minimum absolute atomic E-state index is 0.0292. The van der Waals surface area contributed by atoms with Gasteiger partial charge in [0.1, 0.15) is 32.5 Å². The zero-order valence-corrected chi connectivity index (χ0v) is 37.6. The molecular formula is C46H68N4O12. The van der Waals surface area contributed by atoms with Crippen LogP contribution in [0.4, 0.5) is 14.4 Å². The van der Waals surface area contributed by atoms with Crippen LogP contribution in [0.1, 0.15) is 111 Å². The van der Waals surface area contributed by atoms with Crippen LogP contribution < -0.4 is 21.3 Å². The molecule has 7 atom stereocenters. The molecule has 0 bridgehead atoms. The van der Waals surface area contributed by atoms with Crippen molar-refractivity contribution in [1.29, 1.82) is 0 Å². The van der Waals surface area contributed by atoms with E-state index in [1.807, 2.05) is 13.0 Å². The number of alkyl carbamates (subject to hydrolysis) is 3. The minimum Gasteiger partial charge on any atom is -0.459 e. The zero-order chi connectivity index (χ0) is 45.6. The summed E-state index contributed by atoms with van der Waals surface area (Å²) in [7, 11) is 0. The number of carbonyl (C=O) groups is 5. The molecule has 2 saturated carbocycles. The fourth-order valence-electron chi connectivity index (χ4n) is 9.35. The molecule has 344 valence electrons. The molecule has 0 spiro atoms. The fraction of sp³-hybridized carbons (Fsp3) is 0.652. The van der Waals surface area contributed by atoms with E-state index in [0.717, 1.165) is 19.3 Å². The molecule has 3 amide bonds. The van der Waals surface area contributed by atoms with Crippen molar-refractivity contribution >= 4 is 30.2 Å². The number of nitrogens with one attached hydrogen (secondary N) is 4. The number of carbonyl (C=O) groups excluding carboxylic acids is 5. The van der Waals surface area contributed by atoms with Crippen molar-refractivity contribution in [2.75, 3.05) is 39.5 Å². The van der Waals surface area contributed by atoms with Gasteiger partial charge in [-0.3, -0.25) is 5.32 Å². The van der Waals surface area contributed by atoms with Gasteiger partial charge in [0, 0.05) is 37.2 Å². The lowest BCUT2D eigenvalue weighted by molar-refractivity contribution is -0.162. The zero-order valence-electron chi connectivity index (χ0n) is 37.6. The molecular weight excluding hydrogens is 801 g/mol. The number of esters is 2. The third-order valence-electron chi connectivity index (χ3n) is 11.1. The molecule has 1 aromatic carbocycles. The highest BCUT2D eigenvalue weighted by Crippen LogP contribution is 2.47. The predicted octanol–water partition coefficient (Wildman–Crippen LogP) is 6.44. The van der Waals surface area contributed by atoms with Crippen molar-refractivity contribution in [3.63, 3.8) is 0 Å². The Morgan fingerprint density at radius 1 is 0.726 bits per heavy atom. The smallest absolute Gasteiger partial charge is 0.407 e. The van der Waals surface area contributed by atoms with E-state index in [4.69, 9.17) is 28.4 Å². The van der Waals surface area contributed by atoms with Crippen LogP contribution in [-0.2, 0) is 33.2 Å². The third kappa shape index (κ3) is 17.5. The van der Waals surface area contributed by atoms with Gasteiger partial charge < -0.3 is 49.5 Å². The molecule has 0 radical (unpaired) electrons. The number of hydrogen-bond donors (Lipinski definition) is 5. The highest BCUT2D eigenvalue weighted by molar-refractivity contribution is 5.89. The number of amides is 3. The van der Waals surface area contributed by atoms with Crippen LogP contribution in [0.15, 0.2) is 59.9 Å². The number of hydrogen-bond acceptors (Lipinski definition) is 13. The third-order valence-corrected chi connectivity index (χ3v) is 11.1. The van der Waals surface area contributed by atoms with Crippen LogP contribution in [0.3, 0.4) is 0 Å². The van der Waals surface area contributed by atoms with E-state index < -0.39 is 48.8 Å². The Balaban J connectivity index is 1.12. The topological polar surface area (TPSA) is 209 Å². The maximum Gasteiger partial charge on any atom is 0.407 e. The van der Waals surface area contributed by atoms with Crippen LogP contribution in [0.25, 0.3) is 0 Å². The van der Waals surface area contributed by atoms with Crippen LogP contribution in [-0.4, -0.2) is 106 Å². The first-order valence-corrected chi connectivity index (χ1v) is 21.5. The molecule has 3 aliphatic carbocycles. The van der Waals surface area contributed by atoms with Crippen molar-refractivity contribution < 1.29 is 57.5 Å². The molecule has 4 rings (SSSR count). The van der Waals surface area contributed by atoms with Gasteiger partial charge >= 0.3 is 30.2 Å². The largest absolute Gasteiger partial charge is 0.459 e. The lowest BCUT2D eigenvalue weighted by Gasteiger charge is -2.47. The molecule has 16 nitrogen and oxygen atoms in total. The minimum atomic E-state index is -1.29. The molecule has 7 unspecified atom stereocenters. The summed E-state index contributed by atoms with van der Waals surface area (Å²) in [4.78, 5) is 62.8. The standard InChI is InChI=1S/C46H68N4O12/c1-31(25-59-37(51)33-15-11-9-12-16-33)61-39(53)47-29-45(7)23-35(21-43(3,4)27-45)49-41(55)57-19-20-58-42(56)50-36-22-44(5,6)28-46(8,24-36)30-48-40(54)62-32(2)26-60-38(52)34-17-13-10-14-18-34/h9,11-17,31-32,35-36,39,47,53H,18-30H2,1-8H3,(H,48,54)(H,49,55)(H,50,56). The summed E-state index contributed by atoms with van der Waals surface area (Å²) in [6.07, 6.45) is 5.33. The molecule has 0 aliphatic heterocycles. The van der Waals surface area contributed by atoms with Gasteiger partial charge in [-0.1, -0.05) is 59.7 Å². The number of aliphatic hydroxyl groups is 1. The summed E-state index contributed by atoms with van der Waals surface area (Å²) in [6, 6.07) is 8.20. The predicted molar refractivity (Wildman–Crippen MR) is 230 cm³/mol. The van der Waals surface area contributed by atoms with Gasteiger partial charge in [-0.15, -0.1) is 5.73 Å². The van der Waals surface area contributed by atoms with Crippen molar-refractivity contribution in [3.8, 4) is 0 Å². The molecule has 2 fully saturated rings. The van der Waals surface area contributed by atoms with E-state index in [0.29, 0.717) is 49.9 Å². The van der Waals surface area contributed by atoms with E-state index in [2.05, 4.69) is 61.6 Å². The molecule has 0 saturated heterocycles. The second kappa shape index (κ2) is 22.5. The first-order chi connectivity index (χ1) is 29.1. The number of aliphatic hydroxyl groups excluding tert-OH is 1. The average molecular weight is 869 g/mol. The van der Waals surface area contributed by atoms with E-state index >= 15 is 0 Å². The second-order valence-corrected chi connectivity index (χ2v) is 19.3. The Bertz CT molecular complexity index is 1790. The Kier molecular flexibility index (Phi) is 18.0. The molecule has 5 N–H and O–H groups in total. The second-order valence-electron chi connectivity index (χ2n) is 19.3. The summed E-state index contributed by atoms with van der Waals surface area (Å²) in [6.45, 7) is 16.3. The Hall–Kier alpha value is -4.89. The van der Waals surface area contributed by atoms with E-state index in [1.54, 1.807) is 56.3 Å². The number of allylic oxidation sites excluding steroid dienone is 2. The van der Waals surface area contributed by atoms with Crippen LogP contribution >= 0.6 is 0 Å². The summed E-state index contributed by atoms with van der Waals surface area (Å²) in [5, 5.41) is 22.4. The van der Waals surface area contributed by atoms with Gasteiger partial charge in [0.15, 0.2) is 0 Å². The summed E-state index contributed by atoms with van der Waals surface area (Å²) >= 11 is 0. The average Bonchev–Trinajstić information content (AvgIpc) is 3.18. The summed E-state index contributed by atoms with van der Waals surface area (Å²) in [5.74, 6) is -0.933. The van der Waals surface area contributed by atoms with E-state index in [1.165, 1.54) is 0 Å². The number of rotatable bonds is 19. The first kappa shape index (κ1) is 49.8. The highest BCUT2D eigenvalue weighted by Gasteiger charge is 2.43. The van der Waals surface area contributed by atoms with Gasteiger partial charge in [0.2, 0.25) is 6.41 Å². The molecule has 16 heteroatoms. The van der Waals surface area contributed by atoms with E-state index in [-0.39, 0.29) is 60.2 Å². The summed E-state index contributed by atoms with van der Waals surface area (Å²) < 4.78 is 32.4. The normalized spacial score (nSPS) is 25.1. The lowest BCUT2D eigenvalue weighted by Crippen LogP contribution is -2.51. The van der Waals surface area contributed by atoms with Gasteiger partial charge in [0.25, 0.3) is 0 Å². The van der Waals surface area contributed by atoms with Crippen LogP contribution in [0.5, 0.6) is 0 Å². The Morgan fingerprint density at radius 3 is 1.84 bits per heavy atom. The SMILES string of the molecule is CC(COC(=O)C1=CC=C=CC1)OC(=O)NCC1(C)CC(NC(=O)OCCOC(=O)NC2CC(C)(C)CC(C)(CNC(O)OC(C)COC(=O)c3ccccc3)C2)CC(C)(C)C1. The van der Waals surface area contributed by atoms with Crippen molar-refractivity contribution in [3.05, 3.63) is 65.4 Å². The van der Waals surface area contributed by atoms with Crippen LogP contribution in [0.2, 0.25) is 0 Å². The van der Waals surface area contributed by atoms with Crippen molar-refractivity contribution in [1.82, 2.24) is 21.3 Å². The van der Waals surface area contributed by atoms with Crippen LogP contribution in [0, 0.1) is 21.7 Å². The molecule has 1 aromatic rings. The van der Waals surface area contributed by atoms with Gasteiger partial charge in [0.05, 0.1) is 11.7 Å². The molecule has 3 aliphatic rings. The monoisotopic (exact) mass is 868 g/mol. The Labute approximate surface area is 365 Å². The molecule has 0 aromatic heterocycles. The van der Waals surface area contributed by atoms with Gasteiger partial charge in [-0.25, -0.2) is 24.0 Å². The first-order valence-electron chi connectivity index (χ1n) is 21.5. The van der Waals surface area contributed by atoms with Crippen molar-refractivity contribution in [2.24, 2.45) is 21.7 Å². The Morgan fingerprint density at radius 2 is 1.27 bits per heavy atom. The maximum atomic E-state index is 12.8. The maximum absolute atomic E-state index is 12.8. The van der Waals surface area contributed by atoms with E-state index in [9.17, 15) is 29.1 Å². The summed E-state index contributed by atoms with van der Waals surface area (Å²) in [5.41, 5.74) is 2.89. The molecule has 0 heterocycles. The number of ether oxygens (including phenoxy) is 6. The number of benzene rings is 1. The van der Waals surface area contributed by atoms with Gasteiger partial charge in [-0.2, -0.15) is 0 Å². The fourth-order valence-corrected chi connectivity index (χ4v) is 9.35. The molecule has 62 heavy (non-hydrogen) atoms.